The number of carbonyl (C=O) groups is 1. The van der Waals surface area contributed by atoms with E-state index >= 15 is 0 Å². The third-order valence-corrected chi connectivity index (χ3v) is 7.90. The number of aryl methyl sites for hydroxylation is 1. The van der Waals surface area contributed by atoms with Crippen molar-refractivity contribution in [2.24, 2.45) is 23.5 Å². The minimum Gasteiger partial charge on any atom is -0.366 e. The van der Waals surface area contributed by atoms with Crippen molar-refractivity contribution in [3.63, 3.8) is 0 Å². The minimum atomic E-state index is -0.303. The fourth-order valence-electron chi connectivity index (χ4n) is 6.07. The Kier molecular flexibility index (Phi) is 4.63. The van der Waals surface area contributed by atoms with Gasteiger partial charge in [-0.15, -0.1) is 0 Å². The van der Waals surface area contributed by atoms with Gasteiger partial charge in [0.15, 0.2) is 0 Å². The van der Waals surface area contributed by atoms with Gasteiger partial charge in [-0.25, -0.2) is 0 Å². The van der Waals surface area contributed by atoms with Crippen molar-refractivity contribution in [1.82, 2.24) is 4.90 Å². The summed E-state index contributed by atoms with van der Waals surface area (Å²) in [6.45, 7) is 9.55. The van der Waals surface area contributed by atoms with Crippen LogP contribution in [0.2, 0.25) is 0 Å². The molecule has 0 spiro atoms. The first-order valence-corrected chi connectivity index (χ1v) is 10.6. The Hall–Kier alpha value is -1.35. The van der Waals surface area contributed by atoms with Gasteiger partial charge in [0.05, 0.1) is 0 Å². The summed E-state index contributed by atoms with van der Waals surface area (Å²) in [5.74, 6) is 2.24. The van der Waals surface area contributed by atoms with E-state index in [-0.39, 0.29) is 11.3 Å². The number of carbonyl (C=O) groups excluding carboxylic acids is 1. The first-order chi connectivity index (χ1) is 12.4. The molecular weight excluding hydrogens is 320 g/mol. The van der Waals surface area contributed by atoms with Gasteiger partial charge in [-0.05, 0) is 87.1 Å². The lowest BCUT2D eigenvalue weighted by molar-refractivity contribution is 0.00482. The number of primary amides is 1. The molecule has 5 atom stereocenters. The predicted octanol–water partition coefficient (Wildman–Crippen LogP) is 4.27. The fraction of sp³-hybridized carbons (Fsp3) is 0.696. The highest BCUT2D eigenvalue weighted by atomic mass is 16.1. The highest BCUT2D eigenvalue weighted by molar-refractivity contribution is 5.93. The maximum Gasteiger partial charge on any atom is 0.248 e. The minimum absolute atomic E-state index is 0.235. The average molecular weight is 355 g/mol. The highest BCUT2D eigenvalue weighted by Crippen LogP contribution is 2.53. The summed E-state index contributed by atoms with van der Waals surface area (Å²) >= 11 is 0. The van der Waals surface area contributed by atoms with E-state index in [1.807, 2.05) is 6.07 Å². The Balaban J connectivity index is 1.67. The number of nitrogens with two attached hydrogens (primary N) is 1. The zero-order valence-corrected chi connectivity index (χ0v) is 16.6. The Labute approximate surface area is 158 Å². The molecule has 3 nitrogen and oxygen atoms in total. The summed E-state index contributed by atoms with van der Waals surface area (Å²) in [5, 5.41) is 0. The van der Waals surface area contributed by atoms with Crippen LogP contribution in [0.5, 0.6) is 0 Å². The lowest BCUT2D eigenvalue weighted by atomic mass is 9.56. The third kappa shape index (κ3) is 2.98. The quantitative estimate of drug-likeness (QED) is 0.877. The predicted molar refractivity (Wildman–Crippen MR) is 106 cm³/mol. The van der Waals surface area contributed by atoms with Crippen LogP contribution in [-0.2, 0) is 5.41 Å². The van der Waals surface area contributed by atoms with E-state index < -0.39 is 0 Å². The summed E-state index contributed by atoms with van der Waals surface area (Å²) in [7, 11) is 0. The summed E-state index contributed by atoms with van der Waals surface area (Å²) in [4.78, 5) is 14.6. The Morgan fingerprint density at radius 1 is 1.27 bits per heavy atom. The van der Waals surface area contributed by atoms with Crippen LogP contribution >= 0.6 is 0 Å². The van der Waals surface area contributed by atoms with E-state index in [4.69, 9.17) is 5.73 Å². The van der Waals surface area contributed by atoms with E-state index in [9.17, 15) is 4.79 Å². The molecule has 2 saturated carbocycles. The average Bonchev–Trinajstić information content (AvgIpc) is 3.32. The fourth-order valence-corrected chi connectivity index (χ4v) is 6.07. The first kappa shape index (κ1) is 18.0. The van der Waals surface area contributed by atoms with Crippen molar-refractivity contribution in [3.8, 4) is 0 Å². The van der Waals surface area contributed by atoms with Gasteiger partial charge in [-0.1, -0.05) is 25.8 Å². The lowest BCUT2D eigenvalue weighted by Gasteiger charge is -2.55. The topological polar surface area (TPSA) is 46.3 Å². The number of nitrogens with zero attached hydrogens (tertiary/aromatic N) is 1. The maximum atomic E-state index is 11.8. The molecule has 26 heavy (non-hydrogen) atoms. The molecule has 4 rings (SSSR count). The van der Waals surface area contributed by atoms with E-state index in [2.05, 4.69) is 37.8 Å². The van der Waals surface area contributed by atoms with Gasteiger partial charge < -0.3 is 10.6 Å². The number of hydrogen-bond acceptors (Lipinski definition) is 2. The molecule has 1 saturated heterocycles. The first-order valence-electron chi connectivity index (χ1n) is 10.6. The Morgan fingerprint density at radius 3 is 2.73 bits per heavy atom. The van der Waals surface area contributed by atoms with Crippen molar-refractivity contribution in [2.75, 3.05) is 13.1 Å². The number of hydrogen-bond donors (Lipinski definition) is 1. The molecule has 0 aromatic heterocycles. The number of likely N-dealkylation sites (tertiary alicyclic amines) is 1. The van der Waals surface area contributed by atoms with Gasteiger partial charge in [0, 0.05) is 23.6 Å². The van der Waals surface area contributed by atoms with Crippen LogP contribution in [0.15, 0.2) is 18.2 Å². The molecule has 2 N–H and O–H groups in total. The molecule has 1 amide bonds. The third-order valence-electron chi connectivity index (χ3n) is 7.90. The number of benzene rings is 1. The van der Waals surface area contributed by atoms with Crippen LogP contribution in [-0.4, -0.2) is 29.9 Å². The van der Waals surface area contributed by atoms with Gasteiger partial charge in [0.2, 0.25) is 5.91 Å². The van der Waals surface area contributed by atoms with Crippen LogP contribution in [0.25, 0.3) is 0 Å². The molecule has 3 fully saturated rings. The molecule has 1 aromatic carbocycles. The van der Waals surface area contributed by atoms with Crippen LogP contribution in [0, 0.1) is 24.7 Å². The van der Waals surface area contributed by atoms with Crippen molar-refractivity contribution < 1.29 is 4.79 Å². The standard InChI is InChI=1S/C23H34N2O/c1-15-7-8-18(22(24)26)13-21(15)23-9-5-4-6-20(23)17(3)25(11-10-23)14-19-12-16(19)2/h7-8,13,16-17,19-20H,4-6,9-12,14H2,1-3H3,(H2,24,26)/t16?,17-,19?,20?,23-/m1/s1. The lowest BCUT2D eigenvalue weighted by Crippen LogP contribution is -2.57. The zero-order chi connectivity index (χ0) is 18.5. The van der Waals surface area contributed by atoms with Gasteiger partial charge in [0.25, 0.3) is 0 Å². The summed E-state index contributed by atoms with van der Waals surface area (Å²) in [6, 6.07) is 6.76. The second kappa shape index (κ2) is 6.67. The molecule has 2 aliphatic carbocycles. The molecule has 3 heteroatoms. The van der Waals surface area contributed by atoms with E-state index in [0.717, 1.165) is 11.8 Å². The van der Waals surface area contributed by atoms with Crippen LogP contribution in [0.4, 0.5) is 0 Å². The molecular formula is C23H34N2O. The highest BCUT2D eigenvalue weighted by Gasteiger charge is 2.50. The summed E-state index contributed by atoms with van der Waals surface area (Å²) in [6.07, 6.45) is 7.88. The van der Waals surface area contributed by atoms with Gasteiger partial charge in [-0.2, -0.15) is 0 Å². The number of piperidine rings is 1. The monoisotopic (exact) mass is 354 g/mol. The molecule has 1 heterocycles. The van der Waals surface area contributed by atoms with Crippen molar-refractivity contribution in [3.05, 3.63) is 34.9 Å². The second-order valence-electron chi connectivity index (χ2n) is 9.36. The molecule has 0 bridgehead atoms. The number of amides is 1. The van der Waals surface area contributed by atoms with Crippen LogP contribution < -0.4 is 5.73 Å². The zero-order valence-electron chi connectivity index (χ0n) is 16.6. The summed E-state index contributed by atoms with van der Waals surface area (Å²) < 4.78 is 0. The van der Waals surface area contributed by atoms with Gasteiger partial charge in [-0.3, -0.25) is 4.79 Å². The number of rotatable bonds is 4. The van der Waals surface area contributed by atoms with E-state index in [0.29, 0.717) is 17.5 Å². The van der Waals surface area contributed by atoms with Crippen molar-refractivity contribution in [2.45, 2.75) is 70.8 Å². The van der Waals surface area contributed by atoms with Crippen molar-refractivity contribution >= 4 is 5.91 Å². The van der Waals surface area contributed by atoms with Gasteiger partial charge in [0.1, 0.15) is 0 Å². The molecule has 3 aliphatic rings. The Morgan fingerprint density at radius 2 is 2.04 bits per heavy atom. The molecule has 1 aliphatic heterocycles. The molecule has 3 unspecified atom stereocenters. The second-order valence-corrected chi connectivity index (χ2v) is 9.36. The molecule has 0 radical (unpaired) electrons. The van der Waals surface area contributed by atoms with Crippen LogP contribution in [0.1, 0.15) is 73.9 Å². The summed E-state index contributed by atoms with van der Waals surface area (Å²) in [5.41, 5.74) is 9.25. The Bertz CT molecular complexity index is 699. The maximum absolute atomic E-state index is 11.8. The largest absolute Gasteiger partial charge is 0.366 e. The van der Waals surface area contributed by atoms with E-state index in [1.54, 1.807) is 0 Å². The normalized spacial score (nSPS) is 37.2. The van der Waals surface area contributed by atoms with Gasteiger partial charge >= 0.3 is 0 Å². The van der Waals surface area contributed by atoms with Crippen LogP contribution in [0.3, 0.4) is 0 Å². The molecule has 1 aromatic rings. The SMILES string of the molecule is Cc1ccc(C(N)=O)cc1[C@@]12CCCCC1[C@@H](C)N(CC1CC1C)CC2. The smallest absolute Gasteiger partial charge is 0.248 e. The van der Waals surface area contributed by atoms with Crippen molar-refractivity contribution in [1.29, 1.82) is 0 Å². The molecule has 142 valence electrons. The van der Waals surface area contributed by atoms with E-state index in [1.165, 1.54) is 62.7 Å². The number of fused-ring (bicyclic) bond motifs is 1.